The van der Waals surface area contributed by atoms with Gasteiger partial charge in [0.2, 0.25) is 6.29 Å². The Balaban J connectivity index is 1.62. The molecule has 106 valence electrons. The third kappa shape index (κ3) is 3.83. The third-order valence-electron chi connectivity index (χ3n) is 3.44. The monoisotopic (exact) mass is 278 g/mol. The van der Waals surface area contributed by atoms with Gasteiger partial charge in [-0.3, -0.25) is 0 Å². The summed E-state index contributed by atoms with van der Waals surface area (Å²) in [7, 11) is 0. The maximum Gasteiger partial charge on any atom is 0.219 e. The van der Waals surface area contributed by atoms with E-state index in [1.807, 2.05) is 54.6 Å². The predicted molar refractivity (Wildman–Crippen MR) is 84.6 cm³/mol. The van der Waals surface area contributed by atoms with E-state index >= 15 is 0 Å². The van der Waals surface area contributed by atoms with Crippen LogP contribution in [-0.4, -0.2) is 12.9 Å². The lowest BCUT2D eigenvalue weighted by atomic mass is 10.0. The minimum Gasteiger partial charge on any atom is -0.469 e. The molecular weight excluding hydrogens is 260 g/mol. The molecule has 0 bridgehead atoms. The predicted octanol–water partition coefficient (Wildman–Crippen LogP) is 4.37. The Labute approximate surface area is 125 Å². The Bertz CT molecular complexity index is 602. The van der Waals surface area contributed by atoms with Crippen LogP contribution in [0, 0.1) is 0 Å². The van der Waals surface area contributed by atoms with Gasteiger partial charge in [-0.15, -0.1) is 0 Å². The van der Waals surface area contributed by atoms with Crippen molar-refractivity contribution in [3.05, 3.63) is 90.2 Å². The van der Waals surface area contributed by atoms with Crippen molar-refractivity contribution in [3.63, 3.8) is 0 Å². The van der Waals surface area contributed by atoms with E-state index in [1.54, 1.807) is 6.26 Å². The zero-order valence-electron chi connectivity index (χ0n) is 11.8. The summed E-state index contributed by atoms with van der Waals surface area (Å²) in [6.45, 7) is 0.615. The highest BCUT2D eigenvalue weighted by molar-refractivity contribution is 5.49. The van der Waals surface area contributed by atoms with Crippen LogP contribution < -0.4 is 0 Å². The number of ether oxygens (including phenoxy) is 2. The summed E-state index contributed by atoms with van der Waals surface area (Å²) in [6.07, 6.45) is 7.40. The van der Waals surface area contributed by atoms with Gasteiger partial charge in [0, 0.05) is 5.92 Å². The van der Waals surface area contributed by atoms with E-state index in [4.69, 9.17) is 9.47 Å². The molecular formula is C19H18O2. The van der Waals surface area contributed by atoms with Crippen molar-refractivity contribution >= 4 is 6.08 Å². The summed E-state index contributed by atoms with van der Waals surface area (Å²) in [5.41, 5.74) is 2.38. The van der Waals surface area contributed by atoms with Crippen LogP contribution in [0.25, 0.3) is 6.08 Å². The molecule has 2 heteroatoms. The Morgan fingerprint density at radius 1 is 0.905 bits per heavy atom. The van der Waals surface area contributed by atoms with Crippen LogP contribution in [-0.2, 0) is 9.47 Å². The van der Waals surface area contributed by atoms with Gasteiger partial charge in [-0.05, 0) is 23.3 Å². The standard InChI is InChI=1S/C19H18O2/c1-3-7-16(8-4-1)11-12-19-20-14-13-18(15-21-19)17-9-5-2-6-10-17/h1-14,18-19H,15H2/b12-11+. The van der Waals surface area contributed by atoms with Gasteiger partial charge >= 0.3 is 0 Å². The molecule has 1 aliphatic heterocycles. The SMILES string of the molecule is C1=CC(c2ccccc2)COC(/C=C/c2ccccc2)O1. The van der Waals surface area contributed by atoms with Crippen LogP contribution in [0.5, 0.6) is 0 Å². The van der Waals surface area contributed by atoms with Crippen molar-refractivity contribution in [3.8, 4) is 0 Å². The second kappa shape index (κ2) is 6.91. The van der Waals surface area contributed by atoms with Crippen LogP contribution in [0.4, 0.5) is 0 Å². The van der Waals surface area contributed by atoms with E-state index in [-0.39, 0.29) is 12.2 Å². The van der Waals surface area contributed by atoms with E-state index in [2.05, 4.69) is 24.3 Å². The Kier molecular flexibility index (Phi) is 4.49. The van der Waals surface area contributed by atoms with Gasteiger partial charge in [0.1, 0.15) is 0 Å². The van der Waals surface area contributed by atoms with Gasteiger partial charge in [0.15, 0.2) is 0 Å². The minimum absolute atomic E-state index is 0.237. The first-order valence-electron chi connectivity index (χ1n) is 7.14. The van der Waals surface area contributed by atoms with Crippen molar-refractivity contribution < 1.29 is 9.47 Å². The van der Waals surface area contributed by atoms with Crippen LogP contribution in [0.3, 0.4) is 0 Å². The Morgan fingerprint density at radius 2 is 1.62 bits per heavy atom. The highest BCUT2D eigenvalue weighted by Gasteiger charge is 2.15. The number of benzene rings is 2. The molecule has 3 rings (SSSR count). The summed E-state index contributed by atoms with van der Waals surface area (Å²) in [6, 6.07) is 20.5. The summed E-state index contributed by atoms with van der Waals surface area (Å²) in [5, 5.41) is 0. The van der Waals surface area contributed by atoms with Crippen molar-refractivity contribution in [2.24, 2.45) is 0 Å². The normalized spacial score (nSPS) is 21.9. The smallest absolute Gasteiger partial charge is 0.219 e. The molecule has 0 saturated heterocycles. The molecule has 2 aromatic rings. The molecule has 0 radical (unpaired) electrons. The Morgan fingerprint density at radius 3 is 2.38 bits per heavy atom. The summed E-state index contributed by atoms with van der Waals surface area (Å²) in [4.78, 5) is 0. The van der Waals surface area contributed by atoms with Crippen LogP contribution in [0.2, 0.25) is 0 Å². The highest BCUT2D eigenvalue weighted by atomic mass is 16.7. The van der Waals surface area contributed by atoms with Gasteiger partial charge in [-0.25, -0.2) is 0 Å². The topological polar surface area (TPSA) is 18.5 Å². The second-order valence-corrected chi connectivity index (χ2v) is 4.95. The first kappa shape index (κ1) is 13.7. The van der Waals surface area contributed by atoms with Crippen molar-refractivity contribution in [1.29, 1.82) is 0 Å². The lowest BCUT2D eigenvalue weighted by Crippen LogP contribution is -2.13. The Hall–Kier alpha value is -2.32. The fraction of sp³-hybridized carbons (Fsp3) is 0.158. The number of rotatable bonds is 3. The van der Waals surface area contributed by atoms with Gasteiger partial charge < -0.3 is 9.47 Å². The maximum absolute atomic E-state index is 5.82. The van der Waals surface area contributed by atoms with Gasteiger partial charge in [0.05, 0.1) is 12.9 Å². The van der Waals surface area contributed by atoms with E-state index in [1.165, 1.54) is 5.56 Å². The fourth-order valence-corrected chi connectivity index (χ4v) is 2.27. The molecule has 1 aliphatic rings. The second-order valence-electron chi connectivity index (χ2n) is 4.95. The number of hydrogen-bond acceptors (Lipinski definition) is 2. The minimum atomic E-state index is -0.338. The average Bonchev–Trinajstić information content (AvgIpc) is 2.80. The average molecular weight is 278 g/mol. The number of hydrogen-bond donors (Lipinski definition) is 0. The van der Waals surface area contributed by atoms with Gasteiger partial charge in [-0.1, -0.05) is 66.7 Å². The molecule has 1 heterocycles. The van der Waals surface area contributed by atoms with E-state index in [0.717, 1.165) is 5.56 Å². The quantitative estimate of drug-likeness (QED) is 0.830. The largest absolute Gasteiger partial charge is 0.469 e. The maximum atomic E-state index is 5.82. The molecule has 2 unspecified atom stereocenters. The van der Waals surface area contributed by atoms with Crippen LogP contribution in [0.1, 0.15) is 17.0 Å². The lowest BCUT2D eigenvalue weighted by Gasteiger charge is -2.14. The zero-order valence-corrected chi connectivity index (χ0v) is 11.8. The molecule has 21 heavy (non-hydrogen) atoms. The molecule has 0 spiro atoms. The van der Waals surface area contributed by atoms with Gasteiger partial charge in [0.25, 0.3) is 0 Å². The van der Waals surface area contributed by atoms with Crippen molar-refractivity contribution in [1.82, 2.24) is 0 Å². The van der Waals surface area contributed by atoms with E-state index in [9.17, 15) is 0 Å². The molecule has 2 aromatic carbocycles. The molecule has 0 fully saturated rings. The third-order valence-corrected chi connectivity index (χ3v) is 3.44. The fourth-order valence-electron chi connectivity index (χ4n) is 2.27. The van der Waals surface area contributed by atoms with E-state index < -0.39 is 0 Å². The molecule has 0 aromatic heterocycles. The van der Waals surface area contributed by atoms with Crippen molar-refractivity contribution in [2.75, 3.05) is 6.61 Å². The zero-order chi connectivity index (χ0) is 14.3. The summed E-state index contributed by atoms with van der Waals surface area (Å²) >= 11 is 0. The molecule has 2 atom stereocenters. The first-order chi connectivity index (χ1) is 10.4. The molecule has 0 saturated carbocycles. The van der Waals surface area contributed by atoms with Crippen LogP contribution in [0.15, 0.2) is 79.1 Å². The lowest BCUT2D eigenvalue weighted by molar-refractivity contribution is -0.0660. The molecule has 0 amide bonds. The molecule has 0 aliphatic carbocycles. The van der Waals surface area contributed by atoms with Crippen LogP contribution >= 0.6 is 0 Å². The van der Waals surface area contributed by atoms with E-state index in [0.29, 0.717) is 6.61 Å². The highest BCUT2D eigenvalue weighted by Crippen LogP contribution is 2.21. The summed E-state index contributed by atoms with van der Waals surface area (Å²) in [5.74, 6) is 0.237. The summed E-state index contributed by atoms with van der Waals surface area (Å²) < 4.78 is 11.4. The van der Waals surface area contributed by atoms with Crippen molar-refractivity contribution in [2.45, 2.75) is 12.2 Å². The first-order valence-corrected chi connectivity index (χ1v) is 7.14. The van der Waals surface area contributed by atoms with Gasteiger partial charge in [-0.2, -0.15) is 0 Å². The molecule has 2 nitrogen and oxygen atoms in total. The molecule has 0 N–H and O–H groups in total.